The molecule has 23 heavy (non-hydrogen) atoms. The molecule has 6 heteroatoms. The van der Waals surface area contributed by atoms with Crippen LogP contribution < -0.4 is 10.1 Å². The molecule has 0 saturated carbocycles. The van der Waals surface area contributed by atoms with Crippen molar-refractivity contribution in [2.75, 3.05) is 5.32 Å². The smallest absolute Gasteiger partial charge is 0.265 e. The fraction of sp³-hybridized carbons (Fsp3) is 0.176. The fourth-order valence-corrected chi connectivity index (χ4v) is 2.62. The van der Waals surface area contributed by atoms with Gasteiger partial charge in [-0.2, -0.15) is 0 Å². The lowest BCUT2D eigenvalue weighted by atomic mass is 10.1. The molecule has 0 aromatic heterocycles. The van der Waals surface area contributed by atoms with E-state index in [1.165, 1.54) is 6.92 Å². The highest BCUT2D eigenvalue weighted by Gasteiger charge is 2.16. The maximum atomic E-state index is 12.2. The van der Waals surface area contributed by atoms with E-state index in [2.05, 4.69) is 21.2 Å². The van der Waals surface area contributed by atoms with Gasteiger partial charge in [-0.25, -0.2) is 0 Å². The first-order valence-corrected chi connectivity index (χ1v) is 8.07. The van der Waals surface area contributed by atoms with Gasteiger partial charge in [-0.05, 0) is 72.2 Å². The molecule has 4 nitrogen and oxygen atoms in total. The third kappa shape index (κ3) is 4.81. The van der Waals surface area contributed by atoms with E-state index in [-0.39, 0.29) is 11.7 Å². The molecule has 0 bridgehead atoms. The summed E-state index contributed by atoms with van der Waals surface area (Å²) in [7, 11) is 0. The molecule has 2 aromatic rings. The minimum Gasteiger partial charge on any atom is -0.480 e. The molecule has 0 aliphatic carbocycles. The molecule has 2 rings (SSSR count). The first kappa shape index (κ1) is 17.5. The summed E-state index contributed by atoms with van der Waals surface area (Å²) in [6, 6.07) is 11.8. The molecule has 0 heterocycles. The fourth-order valence-electron chi connectivity index (χ4n) is 1.85. The van der Waals surface area contributed by atoms with Crippen LogP contribution in [-0.4, -0.2) is 17.8 Å². The van der Waals surface area contributed by atoms with Crippen LogP contribution >= 0.6 is 27.5 Å². The number of anilines is 1. The SMILES string of the molecule is CC(=O)c1ccc(NC(=O)[C@H](C)Oc2ccc(Cl)cc2Br)cc1. The zero-order valence-corrected chi connectivity index (χ0v) is 14.9. The van der Waals surface area contributed by atoms with E-state index in [1.807, 2.05) is 0 Å². The molecular formula is C17H15BrClNO3. The number of halogens is 2. The van der Waals surface area contributed by atoms with Crippen LogP contribution in [0.25, 0.3) is 0 Å². The quantitative estimate of drug-likeness (QED) is 0.745. The topological polar surface area (TPSA) is 55.4 Å². The van der Waals surface area contributed by atoms with Crippen LogP contribution in [0.15, 0.2) is 46.9 Å². The number of ketones is 1. The lowest BCUT2D eigenvalue weighted by molar-refractivity contribution is -0.122. The zero-order valence-electron chi connectivity index (χ0n) is 12.6. The Bertz CT molecular complexity index is 731. The molecular weight excluding hydrogens is 382 g/mol. The van der Waals surface area contributed by atoms with Gasteiger partial charge in [-0.3, -0.25) is 9.59 Å². The summed E-state index contributed by atoms with van der Waals surface area (Å²) in [6.45, 7) is 3.15. The minimum atomic E-state index is -0.694. The van der Waals surface area contributed by atoms with Gasteiger partial charge in [0.15, 0.2) is 11.9 Å². The van der Waals surface area contributed by atoms with Gasteiger partial charge in [-0.1, -0.05) is 11.6 Å². The number of nitrogens with one attached hydrogen (secondary N) is 1. The number of carbonyl (C=O) groups is 2. The van der Waals surface area contributed by atoms with E-state index in [9.17, 15) is 9.59 Å². The monoisotopic (exact) mass is 395 g/mol. The van der Waals surface area contributed by atoms with Crippen LogP contribution in [0.3, 0.4) is 0 Å². The molecule has 0 unspecified atom stereocenters. The van der Waals surface area contributed by atoms with Crippen molar-refractivity contribution in [3.63, 3.8) is 0 Å². The maximum Gasteiger partial charge on any atom is 0.265 e. The summed E-state index contributed by atoms with van der Waals surface area (Å²) in [4.78, 5) is 23.4. The van der Waals surface area contributed by atoms with Crippen LogP contribution in [0.1, 0.15) is 24.2 Å². The van der Waals surface area contributed by atoms with Crippen LogP contribution in [0.2, 0.25) is 5.02 Å². The molecule has 0 radical (unpaired) electrons. The molecule has 1 atom stereocenters. The van der Waals surface area contributed by atoms with Crippen molar-refractivity contribution in [3.8, 4) is 5.75 Å². The lowest BCUT2D eigenvalue weighted by Gasteiger charge is -2.16. The molecule has 120 valence electrons. The van der Waals surface area contributed by atoms with E-state index < -0.39 is 6.10 Å². The largest absolute Gasteiger partial charge is 0.480 e. The maximum absolute atomic E-state index is 12.2. The third-order valence-electron chi connectivity index (χ3n) is 3.13. The molecule has 1 amide bonds. The molecule has 2 aromatic carbocycles. The number of ether oxygens (including phenoxy) is 1. The molecule has 0 aliphatic rings. The Balaban J connectivity index is 2.00. The van der Waals surface area contributed by atoms with Gasteiger partial charge in [0.05, 0.1) is 4.47 Å². The predicted octanol–water partition coefficient (Wildman–Crippen LogP) is 4.71. The van der Waals surface area contributed by atoms with Gasteiger partial charge in [0.1, 0.15) is 5.75 Å². The minimum absolute atomic E-state index is 0.0211. The van der Waals surface area contributed by atoms with Gasteiger partial charge in [0, 0.05) is 16.3 Å². The van der Waals surface area contributed by atoms with Crippen molar-refractivity contribution in [2.45, 2.75) is 20.0 Å². The van der Waals surface area contributed by atoms with Gasteiger partial charge >= 0.3 is 0 Å². The summed E-state index contributed by atoms with van der Waals surface area (Å²) in [6.07, 6.45) is -0.694. The van der Waals surface area contributed by atoms with E-state index in [0.29, 0.717) is 26.5 Å². The van der Waals surface area contributed by atoms with E-state index >= 15 is 0 Å². The highest BCUT2D eigenvalue weighted by Crippen LogP contribution is 2.28. The van der Waals surface area contributed by atoms with E-state index in [0.717, 1.165) is 0 Å². The molecule has 0 saturated heterocycles. The van der Waals surface area contributed by atoms with Crippen molar-refractivity contribution >= 4 is 44.9 Å². The first-order chi connectivity index (χ1) is 10.9. The number of rotatable bonds is 5. The Hall–Kier alpha value is -1.85. The Morgan fingerprint density at radius 3 is 2.39 bits per heavy atom. The average Bonchev–Trinajstić information content (AvgIpc) is 2.50. The standard InChI is InChI=1S/C17H15BrClNO3/c1-10(21)12-3-6-14(7-4-12)20-17(22)11(2)23-16-8-5-13(19)9-15(16)18/h3-9,11H,1-2H3,(H,20,22)/t11-/m0/s1. The summed E-state index contributed by atoms with van der Waals surface area (Å²) >= 11 is 9.21. The van der Waals surface area contributed by atoms with Crippen LogP contribution in [0.4, 0.5) is 5.69 Å². The molecule has 0 aliphatic heterocycles. The van der Waals surface area contributed by atoms with Crippen LogP contribution in [0, 0.1) is 0 Å². The van der Waals surface area contributed by atoms with Crippen molar-refractivity contribution in [1.29, 1.82) is 0 Å². The van der Waals surface area contributed by atoms with Crippen LogP contribution in [0.5, 0.6) is 5.75 Å². The van der Waals surface area contributed by atoms with Gasteiger partial charge in [0.25, 0.3) is 5.91 Å². The number of amides is 1. The Kier molecular flexibility index (Phi) is 5.80. The molecule has 0 fully saturated rings. The first-order valence-electron chi connectivity index (χ1n) is 6.90. The third-order valence-corrected chi connectivity index (χ3v) is 3.98. The van der Waals surface area contributed by atoms with Crippen molar-refractivity contribution in [3.05, 3.63) is 57.5 Å². The highest BCUT2D eigenvalue weighted by atomic mass is 79.9. The van der Waals surface area contributed by atoms with Crippen molar-refractivity contribution < 1.29 is 14.3 Å². The Labute approximate surface area is 147 Å². The second-order valence-corrected chi connectivity index (χ2v) is 6.25. The summed E-state index contributed by atoms with van der Waals surface area (Å²) < 4.78 is 6.30. The molecule has 0 spiro atoms. The van der Waals surface area contributed by atoms with Gasteiger partial charge < -0.3 is 10.1 Å². The lowest BCUT2D eigenvalue weighted by Crippen LogP contribution is -2.30. The van der Waals surface area contributed by atoms with Gasteiger partial charge in [-0.15, -0.1) is 0 Å². The predicted molar refractivity (Wildman–Crippen MR) is 94.3 cm³/mol. The number of benzene rings is 2. The van der Waals surface area contributed by atoms with Gasteiger partial charge in [0.2, 0.25) is 0 Å². The number of Topliss-reactive ketones (excluding diaryl/α,β-unsaturated/α-hetero) is 1. The number of hydrogen-bond acceptors (Lipinski definition) is 3. The summed E-state index contributed by atoms with van der Waals surface area (Å²) in [5, 5.41) is 3.32. The normalized spacial score (nSPS) is 11.7. The highest BCUT2D eigenvalue weighted by molar-refractivity contribution is 9.10. The Morgan fingerprint density at radius 2 is 1.83 bits per heavy atom. The van der Waals surface area contributed by atoms with Crippen molar-refractivity contribution in [2.24, 2.45) is 0 Å². The Morgan fingerprint density at radius 1 is 1.17 bits per heavy atom. The van der Waals surface area contributed by atoms with Crippen LogP contribution in [-0.2, 0) is 4.79 Å². The van der Waals surface area contributed by atoms with Crippen molar-refractivity contribution in [1.82, 2.24) is 0 Å². The average molecular weight is 397 g/mol. The van der Waals surface area contributed by atoms with E-state index in [4.69, 9.17) is 16.3 Å². The number of carbonyl (C=O) groups excluding carboxylic acids is 2. The molecule has 1 N–H and O–H groups in total. The summed E-state index contributed by atoms with van der Waals surface area (Å²) in [5.74, 6) is 0.221. The summed E-state index contributed by atoms with van der Waals surface area (Å²) in [5.41, 5.74) is 1.20. The zero-order chi connectivity index (χ0) is 17.0. The second-order valence-electron chi connectivity index (χ2n) is 4.96. The second kappa shape index (κ2) is 7.62. The number of hydrogen-bond donors (Lipinski definition) is 1. The van der Waals surface area contributed by atoms with E-state index in [1.54, 1.807) is 49.4 Å².